The molecule has 1 aromatic rings. The molecular formula is C18H25N3O8. The van der Waals surface area contributed by atoms with Crippen LogP contribution in [0, 0.1) is 0 Å². The Hall–Kier alpha value is -3.21. The first-order valence-corrected chi connectivity index (χ1v) is 8.77. The van der Waals surface area contributed by atoms with Crippen molar-refractivity contribution in [3.63, 3.8) is 0 Å². The molecule has 1 heterocycles. The Morgan fingerprint density at radius 3 is 1.69 bits per heavy atom. The van der Waals surface area contributed by atoms with Crippen LogP contribution in [0.15, 0.2) is 39.7 Å². The predicted octanol–water partition coefficient (Wildman–Crippen LogP) is -0.683. The topological polar surface area (TPSA) is 161 Å². The number of nitrogens with one attached hydrogen (secondary N) is 2. The summed E-state index contributed by atoms with van der Waals surface area (Å²) in [5, 5.41) is 10.6. The molecular weight excluding hydrogens is 386 g/mol. The molecule has 0 saturated heterocycles. The highest BCUT2D eigenvalue weighted by molar-refractivity contribution is 5.81. The lowest BCUT2D eigenvalue weighted by Crippen LogP contribution is -2.60. The Morgan fingerprint density at radius 2 is 1.38 bits per heavy atom. The van der Waals surface area contributed by atoms with Crippen molar-refractivity contribution in [2.75, 3.05) is 0 Å². The van der Waals surface area contributed by atoms with Gasteiger partial charge in [-0.15, -0.1) is 0 Å². The van der Waals surface area contributed by atoms with Crippen molar-refractivity contribution >= 4 is 11.9 Å². The number of rotatable bonds is 10. The van der Waals surface area contributed by atoms with E-state index in [1.807, 2.05) is 9.97 Å². The maximum atomic E-state index is 12.5. The van der Waals surface area contributed by atoms with Crippen LogP contribution in [0.5, 0.6) is 0 Å². The third-order valence-corrected chi connectivity index (χ3v) is 4.32. The molecule has 0 fully saturated rings. The third-order valence-electron chi connectivity index (χ3n) is 4.32. The van der Waals surface area contributed by atoms with Gasteiger partial charge in [-0.25, -0.2) is 28.5 Å². The van der Waals surface area contributed by atoms with Crippen molar-refractivity contribution in [3.05, 3.63) is 56.8 Å². The first-order valence-electron chi connectivity index (χ1n) is 8.77. The van der Waals surface area contributed by atoms with E-state index in [2.05, 4.69) is 13.2 Å². The smallest absolute Gasteiger partial charge is 0.334 e. The van der Waals surface area contributed by atoms with E-state index in [4.69, 9.17) is 9.47 Å². The maximum Gasteiger partial charge on any atom is 0.334 e. The average molecular weight is 411 g/mol. The molecule has 0 spiro atoms. The van der Waals surface area contributed by atoms with E-state index in [9.17, 15) is 29.1 Å². The maximum absolute atomic E-state index is 12.5. The van der Waals surface area contributed by atoms with Gasteiger partial charge in [-0.1, -0.05) is 13.2 Å². The van der Waals surface area contributed by atoms with Crippen LogP contribution in [-0.4, -0.2) is 49.9 Å². The van der Waals surface area contributed by atoms with Gasteiger partial charge >= 0.3 is 29.0 Å². The predicted molar refractivity (Wildman–Crippen MR) is 102 cm³/mol. The molecule has 0 radical (unpaired) electrons. The summed E-state index contributed by atoms with van der Waals surface area (Å²) in [7, 11) is 0. The molecule has 11 heteroatoms. The fourth-order valence-electron chi connectivity index (χ4n) is 3.20. The zero-order valence-corrected chi connectivity index (χ0v) is 16.5. The summed E-state index contributed by atoms with van der Waals surface area (Å²) >= 11 is 0. The second kappa shape index (κ2) is 9.82. The Balaban J connectivity index is 3.57. The fourth-order valence-corrected chi connectivity index (χ4v) is 3.20. The monoisotopic (exact) mass is 411 g/mol. The van der Waals surface area contributed by atoms with Gasteiger partial charge in [-0.05, 0) is 20.8 Å². The normalized spacial score (nSPS) is 16.0. The second-order valence-corrected chi connectivity index (χ2v) is 6.62. The van der Waals surface area contributed by atoms with Crippen molar-refractivity contribution in [2.45, 2.75) is 57.5 Å². The number of carbonyl (C=O) groups is 2. The summed E-state index contributed by atoms with van der Waals surface area (Å²) in [6.45, 7) is 10.9. The van der Waals surface area contributed by atoms with E-state index in [1.54, 1.807) is 0 Å². The summed E-state index contributed by atoms with van der Waals surface area (Å²) in [6.07, 6.45) is -1.67. The molecule has 0 bridgehead atoms. The van der Waals surface area contributed by atoms with Crippen molar-refractivity contribution in [1.29, 1.82) is 0 Å². The third kappa shape index (κ3) is 5.88. The van der Waals surface area contributed by atoms with E-state index in [-0.39, 0.29) is 12.8 Å². The van der Waals surface area contributed by atoms with Crippen LogP contribution in [-0.2, 0) is 24.6 Å². The van der Waals surface area contributed by atoms with Gasteiger partial charge in [-0.3, -0.25) is 9.97 Å². The van der Waals surface area contributed by atoms with Gasteiger partial charge in [0.25, 0.3) is 0 Å². The Kier molecular flexibility index (Phi) is 8.07. The van der Waals surface area contributed by atoms with Crippen molar-refractivity contribution in [2.24, 2.45) is 0 Å². The van der Waals surface area contributed by atoms with Gasteiger partial charge < -0.3 is 14.6 Å². The SMILES string of the molecule is C=CC(=O)OC(C)CC(CC(C)OC(=O)C=C)(C(C)O)n1c(=O)[nH]c(=O)[nH]c1=O. The minimum atomic E-state index is -1.70. The van der Waals surface area contributed by atoms with Crippen LogP contribution >= 0.6 is 0 Å². The van der Waals surface area contributed by atoms with E-state index < -0.39 is 52.9 Å². The van der Waals surface area contributed by atoms with Crippen LogP contribution in [0.2, 0.25) is 0 Å². The largest absolute Gasteiger partial charge is 0.459 e. The van der Waals surface area contributed by atoms with E-state index in [1.165, 1.54) is 20.8 Å². The standard InChI is InChI=1S/C18H25N3O8/c1-6-13(23)28-10(3)8-18(12(5)22,9-11(4)29-14(24)7-2)21-16(26)19-15(25)20-17(21)27/h6-7,10-12,22H,1-2,8-9H2,3-5H3,(H2,19,20,25,26,27). The molecule has 0 aliphatic rings. The van der Waals surface area contributed by atoms with Crippen molar-refractivity contribution in [3.8, 4) is 0 Å². The lowest BCUT2D eigenvalue weighted by Gasteiger charge is -2.40. The molecule has 1 aromatic heterocycles. The van der Waals surface area contributed by atoms with Gasteiger partial charge in [0.15, 0.2) is 0 Å². The molecule has 1 rings (SSSR count). The number of hydrogen-bond acceptors (Lipinski definition) is 8. The summed E-state index contributed by atoms with van der Waals surface area (Å²) in [5.74, 6) is -1.49. The number of nitrogens with zero attached hydrogens (tertiary/aromatic N) is 1. The molecule has 0 aromatic carbocycles. The van der Waals surface area contributed by atoms with E-state index >= 15 is 0 Å². The fraction of sp³-hybridized carbons (Fsp3) is 0.500. The molecule has 0 saturated carbocycles. The van der Waals surface area contributed by atoms with Crippen molar-refractivity contribution < 1.29 is 24.2 Å². The number of aliphatic hydroxyl groups is 1. The number of carbonyl (C=O) groups excluding carboxylic acids is 2. The molecule has 3 atom stereocenters. The Bertz CT molecular complexity index is 875. The summed E-state index contributed by atoms with van der Waals surface area (Å²) in [5.41, 5.74) is -4.88. The minimum absolute atomic E-state index is 0.213. The summed E-state index contributed by atoms with van der Waals surface area (Å²) in [4.78, 5) is 63.3. The molecule has 0 amide bonds. The van der Waals surface area contributed by atoms with Gasteiger partial charge in [0.1, 0.15) is 12.2 Å². The molecule has 0 aliphatic heterocycles. The Labute approximate surface area is 165 Å². The second-order valence-electron chi connectivity index (χ2n) is 6.62. The quantitative estimate of drug-likeness (QED) is 0.337. The zero-order chi connectivity index (χ0) is 22.4. The highest BCUT2D eigenvalue weighted by atomic mass is 16.5. The van der Waals surface area contributed by atoms with E-state index in [0.717, 1.165) is 12.2 Å². The number of ether oxygens (including phenoxy) is 2. The molecule has 3 N–H and O–H groups in total. The lowest BCUT2D eigenvalue weighted by atomic mass is 9.81. The molecule has 3 unspecified atom stereocenters. The molecule has 160 valence electrons. The van der Waals surface area contributed by atoms with Gasteiger partial charge in [-0.2, -0.15) is 0 Å². The first kappa shape index (κ1) is 23.8. The van der Waals surface area contributed by atoms with Gasteiger partial charge in [0.05, 0.1) is 11.6 Å². The van der Waals surface area contributed by atoms with Gasteiger partial charge in [0.2, 0.25) is 0 Å². The summed E-state index contributed by atoms with van der Waals surface area (Å²) in [6, 6.07) is 0. The van der Waals surface area contributed by atoms with Crippen LogP contribution in [0.25, 0.3) is 0 Å². The number of aromatic nitrogens is 3. The van der Waals surface area contributed by atoms with E-state index in [0.29, 0.717) is 4.57 Å². The lowest BCUT2D eigenvalue weighted by molar-refractivity contribution is -0.147. The number of H-pyrrole nitrogens is 2. The van der Waals surface area contributed by atoms with Crippen LogP contribution in [0.1, 0.15) is 33.6 Å². The molecule has 29 heavy (non-hydrogen) atoms. The molecule has 0 aliphatic carbocycles. The summed E-state index contributed by atoms with van der Waals surface area (Å²) < 4.78 is 10.9. The van der Waals surface area contributed by atoms with Crippen molar-refractivity contribution in [1.82, 2.24) is 14.5 Å². The van der Waals surface area contributed by atoms with Crippen LogP contribution < -0.4 is 17.1 Å². The number of aromatic amines is 2. The number of aliphatic hydroxyl groups excluding tert-OH is 1. The first-order chi connectivity index (χ1) is 13.5. The average Bonchev–Trinajstić information content (AvgIpc) is 2.59. The van der Waals surface area contributed by atoms with Gasteiger partial charge in [0, 0.05) is 25.0 Å². The molecule has 11 nitrogen and oxygen atoms in total. The number of hydrogen-bond donors (Lipinski definition) is 3. The number of esters is 2. The highest BCUT2D eigenvalue weighted by Gasteiger charge is 2.44. The highest BCUT2D eigenvalue weighted by Crippen LogP contribution is 2.32. The van der Waals surface area contributed by atoms with Crippen LogP contribution in [0.4, 0.5) is 0 Å². The Morgan fingerprint density at radius 1 is 1.00 bits per heavy atom. The van der Waals surface area contributed by atoms with Crippen LogP contribution in [0.3, 0.4) is 0 Å². The zero-order valence-electron chi connectivity index (χ0n) is 16.5. The minimum Gasteiger partial charge on any atom is -0.459 e.